The first-order valence-electron chi connectivity index (χ1n) is 7.40. The van der Waals surface area contributed by atoms with Gasteiger partial charge in [0.1, 0.15) is 0 Å². The molecule has 0 N–H and O–H groups in total. The van der Waals surface area contributed by atoms with E-state index in [1.807, 2.05) is 0 Å². The lowest BCUT2D eigenvalue weighted by Gasteiger charge is -2.30. The molecule has 0 bridgehead atoms. The minimum absolute atomic E-state index is 0.318. The van der Waals surface area contributed by atoms with Crippen molar-refractivity contribution in [3.63, 3.8) is 0 Å². The number of Topliss-reactive ketones (excluding diaryl/α,β-unsaturated/α-hetero) is 1. The van der Waals surface area contributed by atoms with Gasteiger partial charge in [-0.3, -0.25) is 4.79 Å². The second-order valence-electron chi connectivity index (χ2n) is 5.58. The fraction of sp³-hybridized carbons (Fsp3) is 0.933. The predicted molar refractivity (Wildman–Crippen MR) is 77.7 cm³/mol. The van der Waals surface area contributed by atoms with E-state index < -0.39 is 0 Å². The molecule has 0 radical (unpaired) electrons. The van der Waals surface area contributed by atoms with E-state index in [4.69, 9.17) is 12.6 Å². The van der Waals surface area contributed by atoms with Crippen LogP contribution >= 0.6 is 12.6 Å². The van der Waals surface area contributed by atoms with E-state index in [0.29, 0.717) is 11.7 Å². The lowest BCUT2D eigenvalue weighted by atomic mass is 9.84. The Kier molecular flexibility index (Phi) is 6.61. The molecule has 0 amide bonds. The highest BCUT2D eigenvalue weighted by molar-refractivity contribution is 7.82. The Morgan fingerprint density at radius 3 is 2.00 bits per heavy atom. The van der Waals surface area contributed by atoms with Gasteiger partial charge in [0.2, 0.25) is 0 Å². The summed E-state index contributed by atoms with van der Waals surface area (Å²) < 4.78 is -0.318. The summed E-state index contributed by atoms with van der Waals surface area (Å²) in [4.78, 5) is 12.6. The van der Waals surface area contributed by atoms with Crippen LogP contribution in [0.5, 0.6) is 0 Å². The molecule has 0 heterocycles. The van der Waals surface area contributed by atoms with E-state index in [-0.39, 0.29) is 4.75 Å². The van der Waals surface area contributed by atoms with Crippen LogP contribution in [0.3, 0.4) is 0 Å². The maximum atomic E-state index is 12.6. The van der Waals surface area contributed by atoms with Crippen LogP contribution in [0.15, 0.2) is 0 Å². The van der Waals surface area contributed by atoms with Gasteiger partial charge in [0.25, 0.3) is 0 Å². The second kappa shape index (κ2) is 7.45. The van der Waals surface area contributed by atoms with Gasteiger partial charge in [-0.15, -0.1) is 0 Å². The van der Waals surface area contributed by atoms with Crippen LogP contribution in [0.4, 0.5) is 0 Å². The van der Waals surface area contributed by atoms with E-state index in [0.717, 1.165) is 51.4 Å². The van der Waals surface area contributed by atoms with Gasteiger partial charge in [-0.05, 0) is 25.7 Å². The molecule has 1 aliphatic carbocycles. The van der Waals surface area contributed by atoms with Crippen LogP contribution in [0.25, 0.3) is 0 Å². The zero-order valence-corrected chi connectivity index (χ0v) is 12.4. The number of hydrogen-bond acceptors (Lipinski definition) is 2. The summed E-state index contributed by atoms with van der Waals surface area (Å²) in [6.45, 7) is 4.38. The summed E-state index contributed by atoms with van der Waals surface area (Å²) in [6, 6.07) is 0. The third-order valence-corrected chi connectivity index (χ3v) is 4.74. The van der Waals surface area contributed by atoms with Gasteiger partial charge in [-0.25, -0.2) is 0 Å². The van der Waals surface area contributed by atoms with Crippen molar-refractivity contribution in [3.8, 4) is 0 Å². The standard InChI is InChI=1S/C15H28OS/c1-3-5-11-15(17,12-6-4-2)14(16)13-9-7-8-10-13/h13,17H,3-12H2,1-2H3. The zero-order chi connectivity index (χ0) is 12.7. The number of carbonyl (C=O) groups excluding carboxylic acids is 1. The average Bonchev–Trinajstić information content (AvgIpc) is 2.86. The summed E-state index contributed by atoms with van der Waals surface area (Å²) in [5.74, 6) is 0.779. The van der Waals surface area contributed by atoms with Gasteiger partial charge in [-0.1, -0.05) is 52.4 Å². The van der Waals surface area contributed by atoms with Crippen molar-refractivity contribution in [1.82, 2.24) is 0 Å². The summed E-state index contributed by atoms with van der Waals surface area (Å²) in [5, 5.41) is 0. The summed E-state index contributed by atoms with van der Waals surface area (Å²) in [6.07, 6.45) is 11.2. The van der Waals surface area contributed by atoms with Crippen molar-refractivity contribution in [2.24, 2.45) is 5.92 Å². The molecule has 0 aromatic heterocycles. The molecule has 1 saturated carbocycles. The maximum absolute atomic E-state index is 12.6. The van der Waals surface area contributed by atoms with Gasteiger partial charge >= 0.3 is 0 Å². The average molecular weight is 256 g/mol. The molecule has 0 aromatic rings. The maximum Gasteiger partial charge on any atom is 0.151 e. The molecule has 100 valence electrons. The SMILES string of the molecule is CCCCC(S)(CCCC)C(=O)C1CCCC1. The number of rotatable bonds is 8. The molecule has 17 heavy (non-hydrogen) atoms. The topological polar surface area (TPSA) is 17.1 Å². The molecule has 1 aliphatic rings. The molecule has 0 spiro atoms. The van der Waals surface area contributed by atoms with Crippen molar-refractivity contribution in [3.05, 3.63) is 0 Å². The first kappa shape index (κ1) is 15.1. The molecule has 0 atom stereocenters. The van der Waals surface area contributed by atoms with Crippen LogP contribution in [-0.4, -0.2) is 10.5 Å². The van der Waals surface area contributed by atoms with Gasteiger partial charge in [-0.2, -0.15) is 12.6 Å². The van der Waals surface area contributed by atoms with E-state index in [1.54, 1.807) is 0 Å². The van der Waals surface area contributed by atoms with Crippen molar-refractivity contribution in [1.29, 1.82) is 0 Å². The van der Waals surface area contributed by atoms with Crippen LogP contribution < -0.4 is 0 Å². The van der Waals surface area contributed by atoms with E-state index in [9.17, 15) is 4.79 Å². The summed E-state index contributed by atoms with van der Waals surface area (Å²) in [7, 11) is 0. The van der Waals surface area contributed by atoms with Crippen LogP contribution in [0.2, 0.25) is 0 Å². The van der Waals surface area contributed by atoms with Crippen LogP contribution in [0, 0.1) is 5.92 Å². The Bertz CT molecular complexity index is 223. The number of unbranched alkanes of at least 4 members (excludes halogenated alkanes) is 2. The van der Waals surface area contributed by atoms with Gasteiger partial charge in [0, 0.05) is 5.92 Å². The quantitative estimate of drug-likeness (QED) is 0.618. The number of carbonyl (C=O) groups is 1. The van der Waals surface area contributed by atoms with E-state index >= 15 is 0 Å². The number of ketones is 1. The largest absolute Gasteiger partial charge is 0.298 e. The minimum Gasteiger partial charge on any atom is -0.298 e. The smallest absolute Gasteiger partial charge is 0.151 e. The summed E-state index contributed by atoms with van der Waals surface area (Å²) >= 11 is 4.81. The van der Waals surface area contributed by atoms with Crippen LogP contribution in [-0.2, 0) is 4.79 Å². The fourth-order valence-electron chi connectivity index (χ4n) is 2.88. The van der Waals surface area contributed by atoms with Gasteiger partial charge in [0.05, 0.1) is 4.75 Å². The fourth-order valence-corrected chi connectivity index (χ4v) is 3.38. The Labute approximate surface area is 112 Å². The highest BCUT2D eigenvalue weighted by atomic mass is 32.1. The molecule has 1 nitrogen and oxygen atoms in total. The van der Waals surface area contributed by atoms with Crippen molar-refractivity contribution in [2.45, 2.75) is 82.8 Å². The first-order valence-corrected chi connectivity index (χ1v) is 7.85. The number of hydrogen-bond donors (Lipinski definition) is 1. The minimum atomic E-state index is -0.318. The third-order valence-electron chi connectivity index (χ3n) is 4.07. The second-order valence-corrected chi connectivity index (χ2v) is 6.44. The highest BCUT2D eigenvalue weighted by Gasteiger charge is 2.38. The molecule has 1 fully saturated rings. The van der Waals surface area contributed by atoms with Crippen LogP contribution in [0.1, 0.15) is 78.1 Å². The monoisotopic (exact) mass is 256 g/mol. The van der Waals surface area contributed by atoms with Crippen molar-refractivity contribution >= 4 is 18.4 Å². The Hall–Kier alpha value is 0.0200. The molecular weight excluding hydrogens is 228 g/mol. The molecular formula is C15H28OS. The van der Waals surface area contributed by atoms with E-state index in [1.165, 1.54) is 12.8 Å². The normalized spacial score (nSPS) is 17.6. The molecule has 0 unspecified atom stereocenters. The Balaban J connectivity index is 2.61. The van der Waals surface area contributed by atoms with Crippen molar-refractivity contribution in [2.75, 3.05) is 0 Å². The lowest BCUT2D eigenvalue weighted by molar-refractivity contribution is -0.125. The van der Waals surface area contributed by atoms with Crippen molar-refractivity contribution < 1.29 is 4.79 Å². The zero-order valence-electron chi connectivity index (χ0n) is 11.5. The Morgan fingerprint density at radius 2 is 1.59 bits per heavy atom. The first-order chi connectivity index (χ1) is 8.14. The van der Waals surface area contributed by atoms with Gasteiger partial charge < -0.3 is 0 Å². The third kappa shape index (κ3) is 4.31. The molecule has 2 heteroatoms. The predicted octanol–water partition coefficient (Wildman–Crippen LogP) is 4.79. The molecule has 0 aromatic carbocycles. The molecule has 0 saturated heterocycles. The highest BCUT2D eigenvalue weighted by Crippen LogP contribution is 2.37. The Morgan fingerprint density at radius 1 is 1.12 bits per heavy atom. The molecule has 1 rings (SSSR count). The summed E-state index contributed by atoms with van der Waals surface area (Å²) in [5.41, 5.74) is 0. The molecule has 0 aliphatic heterocycles. The van der Waals surface area contributed by atoms with Gasteiger partial charge in [0.15, 0.2) is 5.78 Å². The lowest BCUT2D eigenvalue weighted by Crippen LogP contribution is -2.37. The van der Waals surface area contributed by atoms with E-state index in [2.05, 4.69) is 13.8 Å². The number of thiol groups is 1.